The standard InChI is InChI=1S/C18H27N7O2/c1-12(25-17(18(2,3)4)20-21-22-25)16(27)24-8-6-7-14(24)9-15(26)13-10-19-23(5)11-13/h10-12,14H,6-9H2,1-5H3. The van der Waals surface area contributed by atoms with Gasteiger partial charge in [0.25, 0.3) is 0 Å². The minimum absolute atomic E-state index is 0.0123. The Labute approximate surface area is 158 Å². The van der Waals surface area contributed by atoms with Gasteiger partial charge in [-0.05, 0) is 30.2 Å². The molecule has 9 nitrogen and oxygen atoms in total. The first-order chi connectivity index (χ1) is 12.7. The number of aromatic nitrogens is 6. The molecule has 9 heteroatoms. The first-order valence-electron chi connectivity index (χ1n) is 9.29. The summed E-state index contributed by atoms with van der Waals surface area (Å²) in [7, 11) is 1.78. The molecule has 1 saturated heterocycles. The molecule has 0 saturated carbocycles. The number of hydrogen-bond acceptors (Lipinski definition) is 6. The van der Waals surface area contributed by atoms with Crippen LogP contribution in [-0.2, 0) is 17.3 Å². The molecule has 0 aliphatic carbocycles. The average molecular weight is 373 g/mol. The number of carbonyl (C=O) groups is 2. The smallest absolute Gasteiger partial charge is 0.247 e. The number of rotatable bonds is 5. The van der Waals surface area contributed by atoms with Crippen molar-refractivity contribution < 1.29 is 9.59 Å². The van der Waals surface area contributed by atoms with Crippen molar-refractivity contribution in [3.05, 3.63) is 23.8 Å². The van der Waals surface area contributed by atoms with Crippen LogP contribution in [0.4, 0.5) is 0 Å². The SMILES string of the molecule is CC(C(=O)N1CCCC1CC(=O)c1cnn(C)c1)n1nnnc1C(C)(C)C. The van der Waals surface area contributed by atoms with E-state index >= 15 is 0 Å². The largest absolute Gasteiger partial charge is 0.337 e. The normalized spacial score (nSPS) is 18.7. The molecule has 3 rings (SSSR count). The fourth-order valence-corrected chi connectivity index (χ4v) is 3.53. The molecule has 0 spiro atoms. The van der Waals surface area contributed by atoms with Crippen molar-refractivity contribution in [3.63, 3.8) is 0 Å². The van der Waals surface area contributed by atoms with Gasteiger partial charge < -0.3 is 4.90 Å². The van der Waals surface area contributed by atoms with E-state index in [1.54, 1.807) is 28.8 Å². The van der Waals surface area contributed by atoms with Crippen molar-refractivity contribution in [3.8, 4) is 0 Å². The van der Waals surface area contributed by atoms with Crippen LogP contribution in [0.5, 0.6) is 0 Å². The lowest BCUT2D eigenvalue weighted by molar-refractivity contribution is -0.135. The number of amides is 1. The number of likely N-dealkylation sites (tertiary alicyclic amines) is 1. The van der Waals surface area contributed by atoms with E-state index in [0.29, 0.717) is 24.4 Å². The lowest BCUT2D eigenvalue weighted by Crippen LogP contribution is -2.41. The van der Waals surface area contributed by atoms with Crippen molar-refractivity contribution in [2.24, 2.45) is 7.05 Å². The Morgan fingerprint density at radius 2 is 2.07 bits per heavy atom. The molecule has 1 aliphatic rings. The van der Waals surface area contributed by atoms with Crippen molar-refractivity contribution in [1.82, 2.24) is 34.9 Å². The third-order valence-electron chi connectivity index (χ3n) is 5.00. The second kappa shape index (κ2) is 7.21. The summed E-state index contributed by atoms with van der Waals surface area (Å²) < 4.78 is 3.21. The summed E-state index contributed by atoms with van der Waals surface area (Å²) >= 11 is 0. The summed E-state index contributed by atoms with van der Waals surface area (Å²) in [5.74, 6) is 0.637. The number of tetrazole rings is 1. The Morgan fingerprint density at radius 3 is 2.70 bits per heavy atom. The van der Waals surface area contributed by atoms with Gasteiger partial charge in [-0.1, -0.05) is 20.8 Å². The van der Waals surface area contributed by atoms with Crippen LogP contribution in [-0.4, -0.2) is 59.2 Å². The number of nitrogens with zero attached hydrogens (tertiary/aromatic N) is 7. The van der Waals surface area contributed by atoms with Gasteiger partial charge in [-0.2, -0.15) is 5.10 Å². The highest BCUT2D eigenvalue weighted by Gasteiger charge is 2.36. The average Bonchev–Trinajstić information content (AvgIpc) is 3.32. The molecule has 2 unspecified atom stereocenters. The quantitative estimate of drug-likeness (QED) is 0.737. The van der Waals surface area contributed by atoms with Gasteiger partial charge in [-0.15, -0.1) is 5.10 Å². The molecule has 2 aromatic rings. The summed E-state index contributed by atoms with van der Waals surface area (Å²) in [6, 6.07) is -0.606. The number of hydrogen-bond donors (Lipinski definition) is 0. The first-order valence-corrected chi connectivity index (χ1v) is 9.29. The molecule has 0 N–H and O–H groups in total. The van der Waals surface area contributed by atoms with Gasteiger partial charge in [-0.3, -0.25) is 14.3 Å². The van der Waals surface area contributed by atoms with Crippen LogP contribution in [0.25, 0.3) is 0 Å². The summed E-state index contributed by atoms with van der Waals surface area (Å²) in [5, 5.41) is 15.9. The van der Waals surface area contributed by atoms with E-state index in [-0.39, 0.29) is 23.1 Å². The van der Waals surface area contributed by atoms with Gasteiger partial charge >= 0.3 is 0 Å². The van der Waals surface area contributed by atoms with Gasteiger partial charge in [0, 0.05) is 37.7 Å². The van der Waals surface area contributed by atoms with Crippen LogP contribution in [0.1, 0.15) is 69.2 Å². The molecule has 27 heavy (non-hydrogen) atoms. The third-order valence-corrected chi connectivity index (χ3v) is 5.00. The zero-order valence-electron chi connectivity index (χ0n) is 16.6. The van der Waals surface area contributed by atoms with Crippen LogP contribution in [0, 0.1) is 0 Å². The highest BCUT2D eigenvalue weighted by atomic mass is 16.2. The van der Waals surface area contributed by atoms with Crippen LogP contribution < -0.4 is 0 Å². The molecular formula is C18H27N7O2. The van der Waals surface area contributed by atoms with Crippen molar-refractivity contribution in [2.45, 2.75) is 64.5 Å². The topological polar surface area (TPSA) is 98.8 Å². The Kier molecular flexibility index (Phi) is 5.12. The van der Waals surface area contributed by atoms with Crippen molar-refractivity contribution >= 4 is 11.7 Å². The van der Waals surface area contributed by atoms with Gasteiger partial charge in [0.2, 0.25) is 5.91 Å². The summed E-state index contributed by atoms with van der Waals surface area (Å²) in [6.45, 7) is 8.50. The molecule has 1 fully saturated rings. The molecule has 0 radical (unpaired) electrons. The minimum atomic E-state index is -0.511. The Bertz CT molecular complexity index is 833. The van der Waals surface area contributed by atoms with E-state index in [9.17, 15) is 9.59 Å². The third kappa shape index (κ3) is 3.91. The maximum absolute atomic E-state index is 13.1. The lowest BCUT2D eigenvalue weighted by atomic mass is 9.95. The van der Waals surface area contributed by atoms with Gasteiger partial charge in [0.1, 0.15) is 6.04 Å². The second-order valence-corrected chi connectivity index (χ2v) is 8.23. The summed E-state index contributed by atoms with van der Waals surface area (Å²) in [6.07, 6.45) is 5.31. The lowest BCUT2D eigenvalue weighted by Gasteiger charge is -2.28. The number of aryl methyl sites for hydroxylation is 1. The van der Waals surface area contributed by atoms with Crippen LogP contribution in [0.2, 0.25) is 0 Å². The molecule has 3 heterocycles. The van der Waals surface area contributed by atoms with E-state index in [2.05, 4.69) is 20.6 Å². The zero-order valence-corrected chi connectivity index (χ0v) is 16.6. The highest BCUT2D eigenvalue weighted by Crippen LogP contribution is 2.27. The van der Waals surface area contributed by atoms with E-state index in [4.69, 9.17) is 0 Å². The fraction of sp³-hybridized carbons (Fsp3) is 0.667. The molecular weight excluding hydrogens is 346 g/mol. The summed E-state index contributed by atoms with van der Waals surface area (Å²) in [4.78, 5) is 27.5. The van der Waals surface area contributed by atoms with Crippen molar-refractivity contribution in [1.29, 1.82) is 0 Å². The number of ketones is 1. The van der Waals surface area contributed by atoms with Crippen molar-refractivity contribution in [2.75, 3.05) is 6.54 Å². The Balaban J connectivity index is 1.74. The van der Waals surface area contributed by atoms with Gasteiger partial charge in [-0.25, -0.2) is 4.68 Å². The fourth-order valence-electron chi connectivity index (χ4n) is 3.53. The van der Waals surface area contributed by atoms with E-state index in [0.717, 1.165) is 12.8 Å². The predicted molar refractivity (Wildman–Crippen MR) is 98.1 cm³/mol. The molecule has 0 aromatic carbocycles. The Hall–Kier alpha value is -2.58. The molecule has 1 aliphatic heterocycles. The maximum Gasteiger partial charge on any atom is 0.247 e. The highest BCUT2D eigenvalue weighted by molar-refractivity contribution is 5.96. The molecule has 1 amide bonds. The molecule has 2 atom stereocenters. The van der Waals surface area contributed by atoms with Crippen LogP contribution >= 0.6 is 0 Å². The van der Waals surface area contributed by atoms with E-state index in [1.807, 2.05) is 32.6 Å². The zero-order chi connectivity index (χ0) is 19.8. The van der Waals surface area contributed by atoms with E-state index in [1.165, 1.54) is 0 Å². The first kappa shape index (κ1) is 19.2. The predicted octanol–water partition coefficient (Wildman–Crippen LogP) is 1.53. The monoisotopic (exact) mass is 373 g/mol. The number of carbonyl (C=O) groups excluding carboxylic acids is 2. The molecule has 146 valence electrons. The van der Waals surface area contributed by atoms with E-state index < -0.39 is 6.04 Å². The van der Waals surface area contributed by atoms with Crippen LogP contribution in [0.15, 0.2) is 12.4 Å². The van der Waals surface area contributed by atoms with Crippen LogP contribution in [0.3, 0.4) is 0 Å². The second-order valence-electron chi connectivity index (χ2n) is 8.23. The van der Waals surface area contributed by atoms with Gasteiger partial charge in [0.05, 0.1) is 11.8 Å². The Morgan fingerprint density at radius 1 is 1.33 bits per heavy atom. The molecule has 2 aromatic heterocycles. The van der Waals surface area contributed by atoms with Gasteiger partial charge in [0.15, 0.2) is 11.6 Å². The molecule has 0 bridgehead atoms. The number of Topliss-reactive ketones (excluding diaryl/α,β-unsaturated/α-hetero) is 1. The summed E-state index contributed by atoms with van der Waals surface area (Å²) in [5.41, 5.74) is 0.318. The maximum atomic E-state index is 13.1. The minimum Gasteiger partial charge on any atom is -0.337 e.